The molecule has 1 aromatic heterocycles. The van der Waals surface area contributed by atoms with Crippen molar-refractivity contribution in [2.45, 2.75) is 46.1 Å². The maximum atomic E-state index is 4.62. The molecule has 2 rings (SSSR count). The van der Waals surface area contributed by atoms with Gasteiger partial charge in [-0.25, -0.2) is 4.98 Å². The molecule has 5 heteroatoms. The first-order chi connectivity index (χ1) is 10.5. The second-order valence-corrected chi connectivity index (χ2v) is 6.44. The molecular formula is C17H27N5. The largest absolute Gasteiger partial charge is 0.357 e. The Balaban J connectivity index is 1.87. The van der Waals surface area contributed by atoms with E-state index in [0.29, 0.717) is 0 Å². The van der Waals surface area contributed by atoms with Crippen LogP contribution < -0.4 is 10.6 Å². The van der Waals surface area contributed by atoms with E-state index in [1.54, 1.807) is 0 Å². The number of benzene rings is 1. The van der Waals surface area contributed by atoms with Crippen LogP contribution in [0.1, 0.15) is 39.9 Å². The fourth-order valence-corrected chi connectivity index (χ4v) is 2.22. The Hall–Kier alpha value is -2.04. The summed E-state index contributed by atoms with van der Waals surface area (Å²) in [6.07, 6.45) is 1.88. The topological polar surface area (TPSA) is 65.1 Å². The molecule has 1 heterocycles. The molecule has 3 N–H and O–H groups in total. The Labute approximate surface area is 132 Å². The fourth-order valence-electron chi connectivity index (χ4n) is 2.22. The minimum Gasteiger partial charge on any atom is -0.357 e. The molecule has 0 aliphatic carbocycles. The first kappa shape index (κ1) is 16.3. The van der Waals surface area contributed by atoms with Crippen LogP contribution in [0, 0.1) is 0 Å². The van der Waals surface area contributed by atoms with E-state index < -0.39 is 0 Å². The second-order valence-electron chi connectivity index (χ2n) is 6.44. The SMILES string of the molecule is CCNC(=NCCCc1nc2ccccc2[nH]1)NC(C)(C)C. The highest BCUT2D eigenvalue weighted by atomic mass is 15.2. The number of imidazole rings is 1. The normalized spacial score (nSPS) is 12.6. The molecule has 120 valence electrons. The lowest BCUT2D eigenvalue weighted by atomic mass is 10.1. The molecule has 0 spiro atoms. The zero-order chi connectivity index (χ0) is 16.0. The quantitative estimate of drug-likeness (QED) is 0.452. The summed E-state index contributed by atoms with van der Waals surface area (Å²) < 4.78 is 0. The van der Waals surface area contributed by atoms with Crippen LogP contribution in [0.2, 0.25) is 0 Å². The molecule has 22 heavy (non-hydrogen) atoms. The van der Waals surface area contributed by atoms with Crippen LogP contribution in [0.5, 0.6) is 0 Å². The molecular weight excluding hydrogens is 274 g/mol. The van der Waals surface area contributed by atoms with Gasteiger partial charge in [0, 0.05) is 25.0 Å². The van der Waals surface area contributed by atoms with Crippen LogP contribution in [-0.2, 0) is 6.42 Å². The van der Waals surface area contributed by atoms with Crippen molar-refractivity contribution in [3.63, 3.8) is 0 Å². The zero-order valence-corrected chi connectivity index (χ0v) is 14.0. The molecule has 0 saturated heterocycles. The van der Waals surface area contributed by atoms with E-state index in [9.17, 15) is 0 Å². The van der Waals surface area contributed by atoms with Crippen molar-refractivity contribution in [3.05, 3.63) is 30.1 Å². The predicted octanol–water partition coefficient (Wildman–Crippen LogP) is 2.85. The first-order valence-electron chi connectivity index (χ1n) is 7.98. The second kappa shape index (κ2) is 7.29. The third-order valence-electron chi connectivity index (χ3n) is 3.12. The number of aromatic amines is 1. The van der Waals surface area contributed by atoms with Gasteiger partial charge in [0.1, 0.15) is 5.82 Å². The third kappa shape index (κ3) is 5.06. The minimum absolute atomic E-state index is 0.0136. The number of para-hydroxylation sites is 2. The molecule has 5 nitrogen and oxygen atoms in total. The van der Waals surface area contributed by atoms with Crippen LogP contribution in [-0.4, -0.2) is 34.6 Å². The van der Waals surface area contributed by atoms with Crippen molar-refractivity contribution in [1.29, 1.82) is 0 Å². The van der Waals surface area contributed by atoms with Gasteiger partial charge in [-0.3, -0.25) is 4.99 Å². The van der Waals surface area contributed by atoms with Crippen molar-refractivity contribution >= 4 is 17.0 Å². The minimum atomic E-state index is 0.0136. The predicted molar refractivity (Wildman–Crippen MR) is 93.3 cm³/mol. The summed E-state index contributed by atoms with van der Waals surface area (Å²) in [4.78, 5) is 12.6. The molecule has 0 fully saturated rings. The number of hydrogen-bond donors (Lipinski definition) is 3. The Morgan fingerprint density at radius 2 is 2.05 bits per heavy atom. The van der Waals surface area contributed by atoms with Gasteiger partial charge in [-0.2, -0.15) is 0 Å². The molecule has 1 aromatic carbocycles. The van der Waals surface area contributed by atoms with E-state index in [4.69, 9.17) is 0 Å². The number of hydrogen-bond acceptors (Lipinski definition) is 2. The Kier molecular flexibility index (Phi) is 5.41. The molecule has 0 atom stereocenters. The summed E-state index contributed by atoms with van der Waals surface area (Å²) in [7, 11) is 0. The maximum Gasteiger partial charge on any atom is 0.191 e. The number of guanidine groups is 1. The molecule has 0 amide bonds. The van der Waals surface area contributed by atoms with Crippen molar-refractivity contribution in [1.82, 2.24) is 20.6 Å². The monoisotopic (exact) mass is 301 g/mol. The van der Waals surface area contributed by atoms with Crippen LogP contribution in [0.25, 0.3) is 11.0 Å². The van der Waals surface area contributed by atoms with Crippen LogP contribution in [0.15, 0.2) is 29.3 Å². The molecule has 0 bridgehead atoms. The van der Waals surface area contributed by atoms with Gasteiger partial charge in [0.15, 0.2) is 5.96 Å². The van der Waals surface area contributed by atoms with Crippen molar-refractivity contribution in [3.8, 4) is 0 Å². The van der Waals surface area contributed by atoms with Gasteiger partial charge in [-0.1, -0.05) is 12.1 Å². The van der Waals surface area contributed by atoms with E-state index >= 15 is 0 Å². The molecule has 0 aliphatic rings. The van der Waals surface area contributed by atoms with Gasteiger partial charge in [-0.05, 0) is 46.2 Å². The Bertz CT molecular complexity index is 588. The molecule has 0 saturated carbocycles. The summed E-state index contributed by atoms with van der Waals surface area (Å²) in [5, 5.41) is 6.67. The number of aryl methyl sites for hydroxylation is 1. The number of rotatable bonds is 5. The molecule has 0 aliphatic heterocycles. The highest BCUT2D eigenvalue weighted by Crippen LogP contribution is 2.11. The number of nitrogens with zero attached hydrogens (tertiary/aromatic N) is 2. The van der Waals surface area contributed by atoms with Gasteiger partial charge >= 0.3 is 0 Å². The lowest BCUT2D eigenvalue weighted by Crippen LogP contribution is -2.47. The van der Waals surface area contributed by atoms with Crippen LogP contribution in [0.3, 0.4) is 0 Å². The van der Waals surface area contributed by atoms with Gasteiger partial charge < -0.3 is 15.6 Å². The number of aromatic nitrogens is 2. The van der Waals surface area contributed by atoms with Gasteiger partial charge in [0.05, 0.1) is 11.0 Å². The molecule has 0 radical (unpaired) electrons. The van der Waals surface area contributed by atoms with Crippen molar-refractivity contribution < 1.29 is 0 Å². The highest BCUT2D eigenvalue weighted by Gasteiger charge is 2.11. The summed E-state index contributed by atoms with van der Waals surface area (Å²) in [5.41, 5.74) is 2.15. The van der Waals surface area contributed by atoms with Crippen molar-refractivity contribution in [2.24, 2.45) is 4.99 Å². The van der Waals surface area contributed by atoms with Crippen LogP contribution >= 0.6 is 0 Å². The molecule has 0 unspecified atom stereocenters. The van der Waals surface area contributed by atoms with E-state index in [2.05, 4.69) is 59.4 Å². The maximum absolute atomic E-state index is 4.62. The number of H-pyrrole nitrogens is 1. The standard InChI is InChI=1S/C17H27N5/c1-5-18-16(22-17(2,3)4)19-12-8-11-15-20-13-9-6-7-10-14(13)21-15/h6-7,9-10H,5,8,11-12H2,1-4H3,(H,20,21)(H2,18,19,22). The third-order valence-corrected chi connectivity index (χ3v) is 3.12. The molecule has 2 aromatic rings. The fraction of sp³-hybridized carbons (Fsp3) is 0.529. The van der Waals surface area contributed by atoms with E-state index in [-0.39, 0.29) is 5.54 Å². The number of nitrogens with one attached hydrogen (secondary N) is 3. The summed E-state index contributed by atoms with van der Waals surface area (Å²) >= 11 is 0. The average molecular weight is 301 g/mol. The number of fused-ring (bicyclic) bond motifs is 1. The van der Waals surface area contributed by atoms with Gasteiger partial charge in [-0.15, -0.1) is 0 Å². The number of aliphatic imine (C=N–C) groups is 1. The van der Waals surface area contributed by atoms with E-state index in [0.717, 1.165) is 48.7 Å². The first-order valence-corrected chi connectivity index (χ1v) is 7.98. The highest BCUT2D eigenvalue weighted by molar-refractivity contribution is 5.80. The smallest absolute Gasteiger partial charge is 0.191 e. The van der Waals surface area contributed by atoms with Crippen molar-refractivity contribution in [2.75, 3.05) is 13.1 Å². The zero-order valence-electron chi connectivity index (χ0n) is 14.0. The van der Waals surface area contributed by atoms with Gasteiger partial charge in [0.2, 0.25) is 0 Å². The van der Waals surface area contributed by atoms with Crippen LogP contribution in [0.4, 0.5) is 0 Å². The van der Waals surface area contributed by atoms with Gasteiger partial charge in [0.25, 0.3) is 0 Å². The Morgan fingerprint density at radius 1 is 1.27 bits per heavy atom. The Morgan fingerprint density at radius 3 is 2.73 bits per heavy atom. The average Bonchev–Trinajstić information content (AvgIpc) is 2.84. The van der Waals surface area contributed by atoms with E-state index in [1.807, 2.05) is 18.2 Å². The van der Waals surface area contributed by atoms with E-state index in [1.165, 1.54) is 0 Å². The summed E-state index contributed by atoms with van der Waals surface area (Å²) in [6, 6.07) is 8.12. The lowest BCUT2D eigenvalue weighted by molar-refractivity contribution is 0.501. The summed E-state index contributed by atoms with van der Waals surface area (Å²) in [5.74, 6) is 1.91. The summed E-state index contributed by atoms with van der Waals surface area (Å²) in [6.45, 7) is 10.1. The lowest BCUT2D eigenvalue weighted by Gasteiger charge is -2.23.